The van der Waals surface area contributed by atoms with Crippen molar-refractivity contribution in [1.82, 2.24) is 4.31 Å². The Morgan fingerprint density at radius 3 is 2.57 bits per heavy atom. The van der Waals surface area contributed by atoms with Crippen LogP contribution < -0.4 is 10.5 Å². The number of anilines is 1. The van der Waals surface area contributed by atoms with Crippen LogP contribution in [0.15, 0.2) is 23.1 Å². The van der Waals surface area contributed by atoms with Gasteiger partial charge in [0.25, 0.3) is 0 Å². The summed E-state index contributed by atoms with van der Waals surface area (Å²) in [6, 6.07) is 4.68. The average Bonchev–Trinajstić information content (AvgIpc) is 3.21. The molecule has 0 bridgehead atoms. The summed E-state index contributed by atoms with van der Waals surface area (Å²) in [4.78, 5) is 0.165. The average molecular weight is 312 g/mol. The molecule has 0 unspecified atom stereocenters. The first-order valence-corrected chi connectivity index (χ1v) is 8.84. The molecule has 1 aromatic carbocycles. The molecular weight excluding hydrogens is 288 g/mol. The van der Waals surface area contributed by atoms with Crippen molar-refractivity contribution in [2.24, 2.45) is 5.92 Å². The van der Waals surface area contributed by atoms with Gasteiger partial charge in [-0.05, 0) is 57.7 Å². The van der Waals surface area contributed by atoms with Gasteiger partial charge in [0.1, 0.15) is 10.6 Å². The number of sulfonamides is 1. The van der Waals surface area contributed by atoms with E-state index in [1.807, 2.05) is 20.8 Å². The molecule has 21 heavy (non-hydrogen) atoms. The summed E-state index contributed by atoms with van der Waals surface area (Å²) in [5, 5.41) is 0. The first-order valence-electron chi connectivity index (χ1n) is 7.40. The maximum Gasteiger partial charge on any atom is 0.247 e. The first-order chi connectivity index (χ1) is 9.86. The van der Waals surface area contributed by atoms with E-state index in [1.165, 1.54) is 6.07 Å². The highest BCUT2D eigenvalue weighted by molar-refractivity contribution is 7.89. The van der Waals surface area contributed by atoms with E-state index in [0.717, 1.165) is 12.8 Å². The minimum absolute atomic E-state index is 0.0912. The Morgan fingerprint density at radius 1 is 1.38 bits per heavy atom. The van der Waals surface area contributed by atoms with Crippen molar-refractivity contribution < 1.29 is 13.2 Å². The molecule has 0 amide bonds. The van der Waals surface area contributed by atoms with Crippen LogP contribution in [0.25, 0.3) is 0 Å². The van der Waals surface area contributed by atoms with Gasteiger partial charge >= 0.3 is 0 Å². The van der Waals surface area contributed by atoms with E-state index in [1.54, 1.807) is 16.4 Å². The zero-order chi connectivity index (χ0) is 15.6. The normalized spacial score (nSPS) is 15.7. The molecule has 0 radical (unpaired) electrons. The summed E-state index contributed by atoms with van der Waals surface area (Å²) < 4.78 is 33.0. The molecule has 0 atom stereocenters. The Morgan fingerprint density at radius 2 is 2.05 bits per heavy atom. The van der Waals surface area contributed by atoms with Crippen LogP contribution in [0.2, 0.25) is 0 Å². The highest BCUT2D eigenvalue weighted by Crippen LogP contribution is 2.35. The minimum Gasteiger partial charge on any atom is -0.492 e. The minimum atomic E-state index is -3.60. The van der Waals surface area contributed by atoms with Gasteiger partial charge in [-0.3, -0.25) is 0 Å². The van der Waals surface area contributed by atoms with E-state index in [4.69, 9.17) is 10.5 Å². The lowest BCUT2D eigenvalue weighted by Gasteiger charge is -2.27. The Hall–Kier alpha value is -1.27. The van der Waals surface area contributed by atoms with Crippen molar-refractivity contribution in [3.8, 4) is 5.75 Å². The maximum absolute atomic E-state index is 13.0. The van der Waals surface area contributed by atoms with Crippen LogP contribution in [0, 0.1) is 5.92 Å². The molecule has 6 heteroatoms. The Bertz CT molecular complexity index is 595. The highest BCUT2D eigenvalue weighted by atomic mass is 32.2. The molecule has 0 aromatic heterocycles. The van der Waals surface area contributed by atoms with Gasteiger partial charge in [-0.25, -0.2) is 8.42 Å². The smallest absolute Gasteiger partial charge is 0.247 e. The van der Waals surface area contributed by atoms with Gasteiger partial charge in [0.15, 0.2) is 0 Å². The summed E-state index contributed by atoms with van der Waals surface area (Å²) >= 11 is 0. The van der Waals surface area contributed by atoms with Crippen LogP contribution in [-0.4, -0.2) is 31.9 Å². The van der Waals surface area contributed by atoms with E-state index in [2.05, 4.69) is 0 Å². The van der Waals surface area contributed by atoms with Crippen LogP contribution in [0.3, 0.4) is 0 Å². The van der Waals surface area contributed by atoms with Crippen molar-refractivity contribution >= 4 is 15.7 Å². The Balaban J connectivity index is 2.42. The molecule has 0 spiro atoms. The van der Waals surface area contributed by atoms with Gasteiger partial charge in [-0.2, -0.15) is 4.31 Å². The zero-order valence-electron chi connectivity index (χ0n) is 12.9. The molecule has 118 valence electrons. The molecule has 1 fully saturated rings. The Labute approximate surface area is 127 Å². The molecule has 1 aromatic rings. The van der Waals surface area contributed by atoms with Crippen molar-refractivity contribution in [3.05, 3.63) is 18.2 Å². The number of ether oxygens (including phenoxy) is 1. The molecule has 2 rings (SSSR count). The van der Waals surface area contributed by atoms with Gasteiger partial charge in [-0.15, -0.1) is 0 Å². The third kappa shape index (κ3) is 3.68. The third-order valence-electron chi connectivity index (χ3n) is 3.57. The van der Waals surface area contributed by atoms with E-state index >= 15 is 0 Å². The molecule has 1 aliphatic rings. The lowest BCUT2D eigenvalue weighted by molar-refractivity contribution is 0.320. The first kappa shape index (κ1) is 16.1. The van der Waals surface area contributed by atoms with Gasteiger partial charge in [0.2, 0.25) is 10.0 Å². The van der Waals surface area contributed by atoms with Crippen LogP contribution >= 0.6 is 0 Å². The summed E-state index contributed by atoms with van der Waals surface area (Å²) in [7, 11) is -3.60. The second kappa shape index (κ2) is 6.23. The maximum atomic E-state index is 13.0. The molecule has 0 saturated heterocycles. The highest BCUT2D eigenvalue weighted by Gasteiger charge is 2.35. The Kier molecular flexibility index (Phi) is 4.78. The number of nitrogens with zero attached hydrogens (tertiary/aromatic N) is 1. The standard InChI is InChI=1S/C15H24N2O3S/c1-4-20-14-8-7-13(16)9-15(14)21(18,19)17(11(2)3)10-12-5-6-12/h7-9,11-12H,4-6,10,16H2,1-3H3. The van der Waals surface area contributed by atoms with Gasteiger partial charge in [0.05, 0.1) is 6.61 Å². The fraction of sp³-hybridized carbons (Fsp3) is 0.600. The summed E-state index contributed by atoms with van der Waals surface area (Å²) in [5.74, 6) is 0.854. The summed E-state index contributed by atoms with van der Waals surface area (Å²) in [6.07, 6.45) is 2.21. The van der Waals surface area contributed by atoms with Crippen LogP contribution in [-0.2, 0) is 10.0 Å². The number of nitrogens with two attached hydrogens (primary N) is 1. The monoisotopic (exact) mass is 312 g/mol. The summed E-state index contributed by atoms with van der Waals surface area (Å²) in [5.41, 5.74) is 6.19. The lowest BCUT2D eigenvalue weighted by atomic mass is 10.3. The number of benzene rings is 1. The second-order valence-electron chi connectivity index (χ2n) is 5.75. The van der Waals surface area contributed by atoms with E-state index < -0.39 is 10.0 Å². The van der Waals surface area contributed by atoms with Crippen molar-refractivity contribution in [2.75, 3.05) is 18.9 Å². The van der Waals surface area contributed by atoms with Crippen molar-refractivity contribution in [2.45, 2.75) is 44.6 Å². The van der Waals surface area contributed by atoms with E-state index in [0.29, 0.717) is 30.5 Å². The summed E-state index contributed by atoms with van der Waals surface area (Å²) in [6.45, 7) is 6.60. The van der Waals surface area contributed by atoms with E-state index in [-0.39, 0.29) is 10.9 Å². The molecule has 1 saturated carbocycles. The number of nitrogen functional groups attached to an aromatic ring is 1. The quantitative estimate of drug-likeness (QED) is 0.785. The molecule has 0 aliphatic heterocycles. The lowest BCUT2D eigenvalue weighted by Crippen LogP contribution is -2.38. The van der Waals surface area contributed by atoms with Gasteiger partial charge in [-0.1, -0.05) is 0 Å². The molecule has 0 heterocycles. The predicted octanol–water partition coefficient (Wildman–Crippen LogP) is 2.48. The van der Waals surface area contributed by atoms with Crippen LogP contribution in [0.5, 0.6) is 5.75 Å². The third-order valence-corrected chi connectivity index (χ3v) is 5.63. The van der Waals surface area contributed by atoms with E-state index in [9.17, 15) is 8.42 Å². The largest absolute Gasteiger partial charge is 0.492 e. The fourth-order valence-corrected chi connectivity index (χ4v) is 4.15. The second-order valence-corrected chi connectivity index (χ2v) is 7.61. The molecule has 1 aliphatic carbocycles. The number of rotatable bonds is 7. The van der Waals surface area contributed by atoms with Crippen molar-refractivity contribution in [3.63, 3.8) is 0 Å². The predicted molar refractivity (Wildman–Crippen MR) is 83.8 cm³/mol. The van der Waals surface area contributed by atoms with Crippen LogP contribution in [0.4, 0.5) is 5.69 Å². The fourth-order valence-electron chi connectivity index (χ4n) is 2.27. The molecule has 2 N–H and O–H groups in total. The molecular formula is C15H24N2O3S. The van der Waals surface area contributed by atoms with Gasteiger partial charge in [0, 0.05) is 18.3 Å². The number of hydrogen-bond donors (Lipinski definition) is 1. The van der Waals surface area contributed by atoms with Gasteiger partial charge < -0.3 is 10.5 Å². The SMILES string of the molecule is CCOc1ccc(N)cc1S(=O)(=O)N(CC1CC1)C(C)C. The molecule has 5 nitrogen and oxygen atoms in total. The zero-order valence-corrected chi connectivity index (χ0v) is 13.7. The topological polar surface area (TPSA) is 72.6 Å². The number of hydrogen-bond acceptors (Lipinski definition) is 4. The van der Waals surface area contributed by atoms with Crippen LogP contribution in [0.1, 0.15) is 33.6 Å². The van der Waals surface area contributed by atoms with Crippen molar-refractivity contribution in [1.29, 1.82) is 0 Å².